The van der Waals surface area contributed by atoms with Gasteiger partial charge in [0.2, 0.25) is 0 Å². The van der Waals surface area contributed by atoms with Crippen LogP contribution in [-0.2, 0) is 4.79 Å². The Bertz CT molecular complexity index is 893. The first-order valence-corrected chi connectivity index (χ1v) is 9.27. The monoisotopic (exact) mass is 423 g/mol. The van der Waals surface area contributed by atoms with Crippen LogP contribution in [0.1, 0.15) is 29.0 Å². The van der Waals surface area contributed by atoms with Crippen molar-refractivity contribution in [1.29, 1.82) is 0 Å². The molecule has 0 aliphatic carbocycles. The maximum absolute atomic E-state index is 12.7. The van der Waals surface area contributed by atoms with Crippen molar-refractivity contribution in [2.24, 2.45) is 0 Å². The van der Waals surface area contributed by atoms with E-state index in [2.05, 4.69) is 20.1 Å². The Labute approximate surface area is 170 Å². The van der Waals surface area contributed by atoms with Crippen molar-refractivity contribution >= 4 is 17.7 Å². The number of nitrogens with zero attached hydrogens (tertiary/aromatic N) is 5. The number of aryl methyl sites for hydroxylation is 1. The number of rotatable bonds is 2. The number of likely N-dealkylation sites (tertiary alicyclic amines) is 1. The van der Waals surface area contributed by atoms with E-state index in [-0.39, 0.29) is 11.9 Å². The minimum atomic E-state index is -5.08. The fourth-order valence-electron chi connectivity index (χ4n) is 3.70. The maximum Gasteiger partial charge on any atom is 0.490 e. The Morgan fingerprint density at radius 3 is 2.33 bits per heavy atom. The van der Waals surface area contributed by atoms with E-state index >= 15 is 0 Å². The third-order valence-electron chi connectivity index (χ3n) is 5.04. The van der Waals surface area contributed by atoms with Gasteiger partial charge in [0.25, 0.3) is 5.91 Å². The van der Waals surface area contributed by atoms with Gasteiger partial charge < -0.3 is 14.9 Å². The van der Waals surface area contributed by atoms with Crippen LogP contribution in [0.3, 0.4) is 0 Å². The molecule has 1 amide bonds. The predicted octanol–water partition coefficient (Wildman–Crippen LogP) is 2.31. The standard InChI is InChI=1S/C17H19N5O.C2HF3O2/c1-12-5-6-16(20-19-12)21-10-7-15-14(21)8-11-22(15)17(23)13-4-2-3-9-18-13;3-2(4,5)1(6)7/h2-6,9,14-15H,7-8,10-11H2,1H3;(H,6,7)/t14-,15+;/m0./s1. The van der Waals surface area contributed by atoms with Gasteiger partial charge in [-0.1, -0.05) is 6.07 Å². The molecule has 0 unspecified atom stereocenters. The second-order valence-corrected chi connectivity index (χ2v) is 6.95. The summed E-state index contributed by atoms with van der Waals surface area (Å²) in [4.78, 5) is 30.1. The quantitative estimate of drug-likeness (QED) is 0.791. The van der Waals surface area contributed by atoms with Crippen LogP contribution in [0.2, 0.25) is 0 Å². The molecule has 30 heavy (non-hydrogen) atoms. The van der Waals surface area contributed by atoms with Gasteiger partial charge in [-0.15, -0.1) is 5.10 Å². The summed E-state index contributed by atoms with van der Waals surface area (Å²) in [7, 11) is 0. The number of carbonyl (C=O) groups is 2. The van der Waals surface area contributed by atoms with Crippen molar-refractivity contribution in [2.45, 2.75) is 38.0 Å². The van der Waals surface area contributed by atoms with E-state index in [1.54, 1.807) is 12.3 Å². The number of pyridine rings is 1. The fraction of sp³-hybridized carbons (Fsp3) is 0.421. The highest BCUT2D eigenvalue weighted by molar-refractivity contribution is 5.92. The molecule has 2 aromatic heterocycles. The number of carboxylic acid groups (broad SMARTS) is 1. The third kappa shape index (κ3) is 4.66. The molecule has 4 rings (SSSR count). The van der Waals surface area contributed by atoms with E-state index in [0.717, 1.165) is 37.4 Å². The van der Waals surface area contributed by atoms with Crippen LogP contribution in [0, 0.1) is 6.92 Å². The van der Waals surface area contributed by atoms with Crippen LogP contribution in [-0.4, -0.2) is 68.4 Å². The van der Waals surface area contributed by atoms with Crippen LogP contribution < -0.4 is 4.90 Å². The number of halogens is 3. The smallest absolute Gasteiger partial charge is 0.475 e. The molecule has 0 radical (unpaired) electrons. The second-order valence-electron chi connectivity index (χ2n) is 6.95. The lowest BCUT2D eigenvalue weighted by Crippen LogP contribution is -2.40. The highest BCUT2D eigenvalue weighted by Crippen LogP contribution is 2.34. The lowest BCUT2D eigenvalue weighted by molar-refractivity contribution is -0.192. The summed E-state index contributed by atoms with van der Waals surface area (Å²) in [6.45, 7) is 3.63. The predicted molar refractivity (Wildman–Crippen MR) is 99.9 cm³/mol. The van der Waals surface area contributed by atoms with Gasteiger partial charge in [0.05, 0.1) is 17.8 Å². The molecule has 0 saturated carbocycles. The molecule has 8 nitrogen and oxygen atoms in total. The van der Waals surface area contributed by atoms with E-state index in [9.17, 15) is 18.0 Å². The molecule has 2 aromatic rings. The van der Waals surface area contributed by atoms with Gasteiger partial charge >= 0.3 is 12.1 Å². The van der Waals surface area contributed by atoms with Crippen LogP contribution >= 0.6 is 0 Å². The SMILES string of the molecule is Cc1ccc(N2CC[C@@H]3[C@@H]2CCN3C(=O)c2ccccn2)nn1.O=C(O)C(F)(F)F. The van der Waals surface area contributed by atoms with Gasteiger partial charge in [0.1, 0.15) is 5.69 Å². The average Bonchev–Trinajstić information content (AvgIpc) is 3.31. The number of hydrogen-bond donors (Lipinski definition) is 1. The van der Waals surface area contributed by atoms with Crippen LogP contribution in [0.4, 0.5) is 19.0 Å². The van der Waals surface area contributed by atoms with E-state index in [1.165, 1.54) is 0 Å². The zero-order valence-electron chi connectivity index (χ0n) is 16.1. The molecule has 2 atom stereocenters. The molecule has 4 heterocycles. The van der Waals surface area contributed by atoms with Crippen LogP contribution in [0.15, 0.2) is 36.5 Å². The summed E-state index contributed by atoms with van der Waals surface area (Å²) in [5, 5.41) is 15.6. The Hall–Kier alpha value is -3.24. The van der Waals surface area contributed by atoms with Crippen LogP contribution in [0.5, 0.6) is 0 Å². The second kappa shape index (κ2) is 8.64. The lowest BCUT2D eigenvalue weighted by atomic mass is 10.1. The number of aliphatic carboxylic acids is 1. The first kappa shape index (κ1) is 21.5. The maximum atomic E-state index is 12.7. The minimum absolute atomic E-state index is 0.0370. The molecule has 0 aromatic carbocycles. The van der Waals surface area contributed by atoms with Crippen molar-refractivity contribution in [3.05, 3.63) is 47.9 Å². The molecule has 2 aliphatic rings. The summed E-state index contributed by atoms with van der Waals surface area (Å²) >= 11 is 0. The number of carbonyl (C=O) groups excluding carboxylic acids is 1. The van der Waals surface area contributed by atoms with Gasteiger partial charge in [0.15, 0.2) is 5.82 Å². The number of alkyl halides is 3. The molecule has 0 bridgehead atoms. The van der Waals surface area contributed by atoms with Crippen molar-refractivity contribution in [3.8, 4) is 0 Å². The number of fused-ring (bicyclic) bond motifs is 1. The molecular weight excluding hydrogens is 403 g/mol. The zero-order chi connectivity index (χ0) is 21.9. The van der Waals surface area contributed by atoms with Crippen LogP contribution in [0.25, 0.3) is 0 Å². The normalized spacial score (nSPS) is 20.4. The average molecular weight is 423 g/mol. The number of carboxylic acids is 1. The van der Waals surface area contributed by atoms with E-state index in [1.807, 2.05) is 36.1 Å². The molecular formula is C19H20F3N5O3. The zero-order valence-corrected chi connectivity index (χ0v) is 16.1. The molecule has 2 saturated heterocycles. The lowest BCUT2D eigenvalue weighted by Gasteiger charge is -2.25. The first-order valence-electron chi connectivity index (χ1n) is 9.27. The summed E-state index contributed by atoms with van der Waals surface area (Å²) in [6.07, 6.45) is -1.47. The van der Waals surface area contributed by atoms with Gasteiger partial charge in [-0.2, -0.15) is 18.3 Å². The molecule has 160 valence electrons. The number of amides is 1. The topological polar surface area (TPSA) is 99.5 Å². The molecule has 2 fully saturated rings. The largest absolute Gasteiger partial charge is 0.490 e. The Balaban J connectivity index is 0.000000318. The summed E-state index contributed by atoms with van der Waals surface area (Å²) in [6, 6.07) is 10.1. The van der Waals surface area contributed by atoms with Crippen molar-refractivity contribution in [1.82, 2.24) is 20.1 Å². The fourth-order valence-corrected chi connectivity index (χ4v) is 3.70. The van der Waals surface area contributed by atoms with Gasteiger partial charge in [-0.25, -0.2) is 4.79 Å². The van der Waals surface area contributed by atoms with Crippen molar-refractivity contribution in [2.75, 3.05) is 18.0 Å². The number of hydrogen-bond acceptors (Lipinski definition) is 6. The Kier molecular flexibility index (Phi) is 6.18. The highest BCUT2D eigenvalue weighted by Gasteiger charge is 2.45. The number of anilines is 1. The van der Waals surface area contributed by atoms with Gasteiger partial charge in [-0.05, 0) is 44.0 Å². The summed E-state index contributed by atoms with van der Waals surface area (Å²) in [5.41, 5.74) is 1.45. The van der Waals surface area contributed by atoms with Crippen molar-refractivity contribution < 1.29 is 27.9 Å². The van der Waals surface area contributed by atoms with Crippen molar-refractivity contribution in [3.63, 3.8) is 0 Å². The number of aromatic nitrogens is 3. The van der Waals surface area contributed by atoms with E-state index in [4.69, 9.17) is 9.90 Å². The molecule has 1 N–H and O–H groups in total. The third-order valence-corrected chi connectivity index (χ3v) is 5.04. The Morgan fingerprint density at radius 1 is 1.07 bits per heavy atom. The molecule has 11 heteroatoms. The highest BCUT2D eigenvalue weighted by atomic mass is 19.4. The van der Waals surface area contributed by atoms with Gasteiger partial charge in [0, 0.05) is 19.3 Å². The Morgan fingerprint density at radius 2 is 1.77 bits per heavy atom. The summed E-state index contributed by atoms with van der Waals surface area (Å²) < 4.78 is 31.7. The molecule has 2 aliphatic heterocycles. The van der Waals surface area contributed by atoms with E-state index in [0.29, 0.717) is 11.7 Å². The first-order chi connectivity index (χ1) is 14.2. The van der Waals surface area contributed by atoms with E-state index < -0.39 is 12.1 Å². The summed E-state index contributed by atoms with van der Waals surface area (Å²) in [5.74, 6) is -1.81. The van der Waals surface area contributed by atoms with Gasteiger partial charge in [-0.3, -0.25) is 9.78 Å². The molecule has 0 spiro atoms. The minimum Gasteiger partial charge on any atom is -0.475 e.